The van der Waals surface area contributed by atoms with E-state index in [2.05, 4.69) is 15.2 Å². The third-order valence-electron chi connectivity index (χ3n) is 5.02. The number of halogens is 2. The van der Waals surface area contributed by atoms with Gasteiger partial charge in [-0.3, -0.25) is 4.90 Å². The number of likely N-dealkylation sites (tertiary alicyclic amines) is 1. The summed E-state index contributed by atoms with van der Waals surface area (Å²) in [7, 11) is 0. The first kappa shape index (κ1) is 16.4. The van der Waals surface area contributed by atoms with Crippen molar-refractivity contribution in [1.82, 2.24) is 9.88 Å². The Bertz CT molecular complexity index is 740. The zero-order valence-electron chi connectivity index (χ0n) is 13.9. The number of hydrogen-bond donors (Lipinski definition) is 1. The number of ether oxygens (including phenoxy) is 1. The molecular formula is C19H21F2N3O. The van der Waals surface area contributed by atoms with E-state index in [-0.39, 0.29) is 29.1 Å². The van der Waals surface area contributed by atoms with Crippen molar-refractivity contribution in [2.24, 2.45) is 0 Å². The first-order valence-electron chi connectivity index (χ1n) is 8.60. The van der Waals surface area contributed by atoms with Crippen molar-refractivity contribution < 1.29 is 13.5 Å². The molecule has 2 atom stereocenters. The minimum Gasteiger partial charge on any atom is -0.371 e. The van der Waals surface area contributed by atoms with E-state index in [4.69, 9.17) is 4.74 Å². The topological polar surface area (TPSA) is 37.4 Å². The fourth-order valence-corrected chi connectivity index (χ4v) is 3.82. The first-order valence-corrected chi connectivity index (χ1v) is 8.60. The number of benzene rings is 1. The molecule has 0 amide bonds. The van der Waals surface area contributed by atoms with Crippen LogP contribution in [0.3, 0.4) is 0 Å². The summed E-state index contributed by atoms with van der Waals surface area (Å²) in [5, 5.41) is 3.16. The largest absolute Gasteiger partial charge is 0.371 e. The van der Waals surface area contributed by atoms with E-state index in [9.17, 15) is 8.78 Å². The van der Waals surface area contributed by atoms with Gasteiger partial charge in [0.2, 0.25) is 0 Å². The molecule has 3 heterocycles. The SMILES string of the molecule is Fc1ccc(CN2CCC3(CC(Nc4ncccc4F)CO3)C2)cc1. The minimum atomic E-state index is -0.340. The molecule has 2 aromatic rings. The zero-order chi connectivity index (χ0) is 17.3. The second-order valence-electron chi connectivity index (χ2n) is 6.96. The molecule has 25 heavy (non-hydrogen) atoms. The molecule has 2 aliphatic heterocycles. The summed E-state index contributed by atoms with van der Waals surface area (Å²) in [4.78, 5) is 6.38. The molecule has 1 spiro atoms. The van der Waals surface area contributed by atoms with Crippen LogP contribution in [0.25, 0.3) is 0 Å². The summed E-state index contributed by atoms with van der Waals surface area (Å²) in [6.45, 7) is 3.13. The van der Waals surface area contributed by atoms with Gasteiger partial charge in [-0.2, -0.15) is 0 Å². The van der Waals surface area contributed by atoms with Gasteiger partial charge in [-0.05, 0) is 36.2 Å². The van der Waals surface area contributed by atoms with Crippen LogP contribution in [0.1, 0.15) is 18.4 Å². The van der Waals surface area contributed by atoms with E-state index < -0.39 is 0 Å². The molecular weight excluding hydrogens is 324 g/mol. The van der Waals surface area contributed by atoms with Crippen molar-refractivity contribution in [1.29, 1.82) is 0 Å². The molecule has 1 aromatic carbocycles. The number of aromatic nitrogens is 1. The summed E-state index contributed by atoms with van der Waals surface area (Å²) < 4.78 is 32.9. The quantitative estimate of drug-likeness (QED) is 0.923. The van der Waals surface area contributed by atoms with Crippen LogP contribution in [0.15, 0.2) is 42.6 Å². The van der Waals surface area contributed by atoms with E-state index in [0.29, 0.717) is 6.61 Å². The monoisotopic (exact) mass is 345 g/mol. The van der Waals surface area contributed by atoms with Gasteiger partial charge < -0.3 is 10.1 Å². The Kier molecular flexibility index (Phi) is 4.39. The lowest BCUT2D eigenvalue weighted by atomic mass is 9.97. The van der Waals surface area contributed by atoms with Crippen molar-refractivity contribution in [2.75, 3.05) is 25.0 Å². The van der Waals surface area contributed by atoms with Gasteiger partial charge in [0.05, 0.1) is 18.2 Å². The highest BCUT2D eigenvalue weighted by Gasteiger charge is 2.45. The third kappa shape index (κ3) is 3.65. The Morgan fingerprint density at radius 3 is 2.88 bits per heavy atom. The predicted molar refractivity (Wildman–Crippen MR) is 91.2 cm³/mol. The first-order chi connectivity index (χ1) is 12.1. The van der Waals surface area contributed by atoms with E-state index in [1.165, 1.54) is 18.2 Å². The second kappa shape index (κ2) is 6.69. The molecule has 2 unspecified atom stereocenters. The average molecular weight is 345 g/mol. The lowest BCUT2D eigenvalue weighted by molar-refractivity contribution is 0.0120. The highest BCUT2D eigenvalue weighted by atomic mass is 19.1. The standard InChI is InChI=1S/C19H21F2N3O/c20-15-5-3-14(4-6-15)11-24-9-7-19(13-24)10-16(12-25-19)23-18-17(21)2-1-8-22-18/h1-6,8,16H,7,9-13H2,(H,22,23). The van der Waals surface area contributed by atoms with Crippen LogP contribution in [0.5, 0.6) is 0 Å². The van der Waals surface area contributed by atoms with Gasteiger partial charge in [0, 0.05) is 32.3 Å². The fraction of sp³-hybridized carbons (Fsp3) is 0.421. The van der Waals surface area contributed by atoms with Crippen LogP contribution in [0.2, 0.25) is 0 Å². The molecule has 2 aliphatic rings. The van der Waals surface area contributed by atoms with Gasteiger partial charge in [0.25, 0.3) is 0 Å². The van der Waals surface area contributed by atoms with Crippen molar-refractivity contribution in [2.45, 2.75) is 31.0 Å². The molecule has 4 rings (SSSR count). The highest BCUT2D eigenvalue weighted by Crippen LogP contribution is 2.36. The smallest absolute Gasteiger partial charge is 0.165 e. The molecule has 4 nitrogen and oxygen atoms in total. The van der Waals surface area contributed by atoms with Crippen molar-refractivity contribution in [3.8, 4) is 0 Å². The Labute approximate surface area is 145 Å². The lowest BCUT2D eigenvalue weighted by Gasteiger charge is -2.23. The number of anilines is 1. The van der Waals surface area contributed by atoms with Crippen molar-refractivity contribution in [3.63, 3.8) is 0 Å². The Morgan fingerprint density at radius 2 is 2.08 bits per heavy atom. The zero-order valence-corrected chi connectivity index (χ0v) is 13.9. The van der Waals surface area contributed by atoms with Gasteiger partial charge in [-0.1, -0.05) is 12.1 Å². The summed E-state index contributed by atoms with van der Waals surface area (Å²) in [6, 6.07) is 9.69. The molecule has 0 radical (unpaired) electrons. The Hall–Kier alpha value is -2.05. The van der Waals surface area contributed by atoms with Crippen LogP contribution in [0, 0.1) is 11.6 Å². The molecule has 0 saturated carbocycles. The number of hydrogen-bond acceptors (Lipinski definition) is 4. The number of nitrogens with one attached hydrogen (secondary N) is 1. The molecule has 1 N–H and O–H groups in total. The normalized spacial score (nSPS) is 26.4. The summed E-state index contributed by atoms with van der Waals surface area (Å²) in [6.07, 6.45) is 3.37. The van der Waals surface area contributed by atoms with E-state index in [1.807, 2.05) is 12.1 Å². The van der Waals surface area contributed by atoms with Gasteiger partial charge in [-0.15, -0.1) is 0 Å². The molecule has 2 fully saturated rings. The number of nitrogens with zero attached hydrogens (tertiary/aromatic N) is 2. The highest BCUT2D eigenvalue weighted by molar-refractivity contribution is 5.37. The van der Waals surface area contributed by atoms with Gasteiger partial charge in [0.15, 0.2) is 11.6 Å². The number of rotatable bonds is 4. The Morgan fingerprint density at radius 1 is 1.24 bits per heavy atom. The van der Waals surface area contributed by atoms with Gasteiger partial charge in [0.1, 0.15) is 5.82 Å². The van der Waals surface area contributed by atoms with Crippen LogP contribution in [-0.4, -0.2) is 41.2 Å². The second-order valence-corrected chi connectivity index (χ2v) is 6.96. The number of pyridine rings is 1. The minimum absolute atomic E-state index is 0.0650. The van der Waals surface area contributed by atoms with Crippen LogP contribution < -0.4 is 5.32 Å². The maximum absolute atomic E-state index is 13.7. The molecule has 0 bridgehead atoms. The van der Waals surface area contributed by atoms with Crippen LogP contribution in [-0.2, 0) is 11.3 Å². The summed E-state index contributed by atoms with van der Waals surface area (Å²) in [5.74, 6) is -0.265. The van der Waals surface area contributed by atoms with E-state index in [1.54, 1.807) is 12.3 Å². The maximum Gasteiger partial charge on any atom is 0.165 e. The maximum atomic E-state index is 13.7. The van der Waals surface area contributed by atoms with Crippen molar-refractivity contribution >= 4 is 5.82 Å². The molecule has 0 aliphatic carbocycles. The predicted octanol–water partition coefficient (Wildman–Crippen LogP) is 3.21. The fourth-order valence-electron chi connectivity index (χ4n) is 3.82. The molecule has 6 heteroatoms. The molecule has 132 valence electrons. The lowest BCUT2D eigenvalue weighted by Crippen LogP contribution is -2.33. The van der Waals surface area contributed by atoms with Gasteiger partial charge >= 0.3 is 0 Å². The summed E-state index contributed by atoms with van der Waals surface area (Å²) >= 11 is 0. The Balaban J connectivity index is 1.35. The molecule has 1 aromatic heterocycles. The van der Waals surface area contributed by atoms with Crippen molar-refractivity contribution in [3.05, 3.63) is 59.8 Å². The molecule has 2 saturated heterocycles. The average Bonchev–Trinajstić information content (AvgIpc) is 3.19. The van der Waals surface area contributed by atoms with E-state index >= 15 is 0 Å². The van der Waals surface area contributed by atoms with Gasteiger partial charge in [-0.25, -0.2) is 13.8 Å². The third-order valence-corrected chi connectivity index (χ3v) is 5.02. The van der Waals surface area contributed by atoms with Crippen LogP contribution in [0.4, 0.5) is 14.6 Å². The van der Waals surface area contributed by atoms with E-state index in [0.717, 1.165) is 38.0 Å². The van der Waals surface area contributed by atoms with Crippen LogP contribution >= 0.6 is 0 Å². The summed E-state index contributed by atoms with van der Waals surface area (Å²) in [5.41, 5.74) is 0.921.